The van der Waals surface area contributed by atoms with Crippen LogP contribution >= 0.6 is 0 Å². The van der Waals surface area contributed by atoms with Crippen LogP contribution in [0.15, 0.2) is 68.7 Å². The molecule has 1 aromatic heterocycles. The third-order valence-corrected chi connectivity index (χ3v) is 7.47. The Kier molecular flexibility index (Phi) is 6.40. The van der Waals surface area contributed by atoms with E-state index in [0.717, 1.165) is 5.56 Å². The van der Waals surface area contributed by atoms with Crippen molar-refractivity contribution in [1.29, 1.82) is 0 Å². The average Bonchev–Trinajstić information content (AvgIpc) is 2.79. The van der Waals surface area contributed by atoms with Gasteiger partial charge in [0.25, 0.3) is 5.91 Å². The summed E-state index contributed by atoms with van der Waals surface area (Å²) in [6, 6.07) is 14.9. The van der Waals surface area contributed by atoms with Gasteiger partial charge in [-0.1, -0.05) is 29.8 Å². The molecule has 2 aromatic carbocycles. The minimum Gasteiger partial charge on any atom is -0.451 e. The highest BCUT2D eigenvalue weighted by molar-refractivity contribution is 7.89. The lowest BCUT2D eigenvalue weighted by molar-refractivity contribution is 0.0918. The molecule has 0 spiro atoms. The van der Waals surface area contributed by atoms with Crippen molar-refractivity contribution < 1.29 is 17.6 Å². The fourth-order valence-corrected chi connectivity index (χ4v) is 5.11. The number of piperazine rings is 1. The van der Waals surface area contributed by atoms with Crippen LogP contribution in [-0.2, 0) is 10.0 Å². The molecule has 1 aliphatic heterocycles. The second-order valence-corrected chi connectivity index (χ2v) is 9.72. The van der Waals surface area contributed by atoms with Crippen molar-refractivity contribution >= 4 is 26.9 Å². The van der Waals surface area contributed by atoms with E-state index in [1.807, 2.05) is 6.92 Å². The zero-order valence-corrected chi connectivity index (χ0v) is 18.6. The van der Waals surface area contributed by atoms with Crippen LogP contribution in [0, 0.1) is 6.92 Å². The highest BCUT2D eigenvalue weighted by Gasteiger charge is 2.28. The molecule has 3 aromatic rings. The number of aryl methyl sites for hydroxylation is 1. The normalized spacial score (nSPS) is 15.7. The Hall–Kier alpha value is -3.01. The zero-order valence-electron chi connectivity index (χ0n) is 17.8. The third kappa shape index (κ3) is 4.74. The molecule has 0 aliphatic carbocycles. The molecule has 9 heteroatoms. The quantitative estimate of drug-likeness (QED) is 0.609. The number of benzene rings is 2. The van der Waals surface area contributed by atoms with E-state index >= 15 is 0 Å². The maximum absolute atomic E-state index is 12.8. The van der Waals surface area contributed by atoms with E-state index in [-0.39, 0.29) is 11.2 Å². The highest BCUT2D eigenvalue weighted by atomic mass is 32.2. The molecule has 1 fully saturated rings. The maximum atomic E-state index is 12.8. The minimum absolute atomic E-state index is 0.0253. The lowest BCUT2D eigenvalue weighted by Gasteiger charge is -2.33. The Morgan fingerprint density at radius 3 is 2.44 bits per heavy atom. The lowest BCUT2D eigenvalue weighted by atomic mass is 10.2. The first-order valence-corrected chi connectivity index (χ1v) is 11.9. The zero-order chi connectivity index (χ0) is 22.7. The summed E-state index contributed by atoms with van der Waals surface area (Å²) >= 11 is 0. The Balaban J connectivity index is 1.29. The number of fused-ring (bicyclic) bond motifs is 1. The van der Waals surface area contributed by atoms with E-state index in [4.69, 9.17) is 4.42 Å². The van der Waals surface area contributed by atoms with Gasteiger partial charge in [0.15, 0.2) is 11.2 Å². The molecule has 0 radical (unpaired) electrons. The van der Waals surface area contributed by atoms with Crippen molar-refractivity contribution in [2.45, 2.75) is 11.8 Å². The molecule has 8 nitrogen and oxygen atoms in total. The summed E-state index contributed by atoms with van der Waals surface area (Å²) in [5.74, 6) is -0.476. The van der Waals surface area contributed by atoms with Crippen LogP contribution in [0.3, 0.4) is 0 Å². The van der Waals surface area contributed by atoms with Gasteiger partial charge in [-0.25, -0.2) is 8.42 Å². The molecule has 1 N–H and O–H groups in total. The van der Waals surface area contributed by atoms with Crippen LogP contribution in [0.1, 0.15) is 16.1 Å². The van der Waals surface area contributed by atoms with Gasteiger partial charge in [0.05, 0.1) is 10.3 Å². The number of nitrogens with one attached hydrogen (secondary N) is 1. The molecule has 1 saturated heterocycles. The van der Waals surface area contributed by atoms with Gasteiger partial charge in [-0.05, 0) is 31.2 Å². The van der Waals surface area contributed by atoms with Crippen molar-refractivity contribution in [3.05, 3.63) is 76.1 Å². The maximum Gasteiger partial charge on any atom is 0.287 e. The van der Waals surface area contributed by atoms with Crippen molar-refractivity contribution in [1.82, 2.24) is 14.5 Å². The summed E-state index contributed by atoms with van der Waals surface area (Å²) in [6.45, 7) is 4.79. The van der Waals surface area contributed by atoms with Gasteiger partial charge in [0, 0.05) is 45.3 Å². The smallest absolute Gasteiger partial charge is 0.287 e. The minimum atomic E-state index is -3.50. The summed E-state index contributed by atoms with van der Waals surface area (Å²) < 4.78 is 32.6. The first-order valence-electron chi connectivity index (χ1n) is 10.4. The summed E-state index contributed by atoms with van der Waals surface area (Å²) in [6.07, 6.45) is 0. The number of amides is 1. The fraction of sp³-hybridized carbons (Fsp3) is 0.304. The van der Waals surface area contributed by atoms with Crippen LogP contribution in [0.5, 0.6) is 0 Å². The monoisotopic (exact) mass is 455 g/mol. The van der Waals surface area contributed by atoms with Gasteiger partial charge in [-0.15, -0.1) is 0 Å². The van der Waals surface area contributed by atoms with E-state index in [2.05, 4.69) is 10.2 Å². The Labute approximate surface area is 186 Å². The number of hydrogen-bond acceptors (Lipinski definition) is 6. The predicted octanol–water partition coefficient (Wildman–Crippen LogP) is 1.84. The summed E-state index contributed by atoms with van der Waals surface area (Å²) in [5.41, 5.74) is 1.12. The van der Waals surface area contributed by atoms with E-state index in [9.17, 15) is 18.0 Å². The number of para-hydroxylation sites is 1. The molecular formula is C23H25N3O5S. The van der Waals surface area contributed by atoms with E-state index in [1.165, 1.54) is 10.4 Å². The molecule has 4 rings (SSSR count). The van der Waals surface area contributed by atoms with E-state index < -0.39 is 15.9 Å². The molecule has 1 aliphatic rings. The molecule has 0 bridgehead atoms. The second-order valence-electron chi connectivity index (χ2n) is 7.79. The number of carbonyl (C=O) groups is 1. The average molecular weight is 456 g/mol. The SMILES string of the molecule is Cc1ccc(S(=O)(=O)N2CCN(CCNC(=O)c3cc(=O)c4ccccc4o3)CC2)cc1. The number of hydrogen-bond donors (Lipinski definition) is 1. The standard InChI is InChI=1S/C23H25N3O5S/c1-17-6-8-18(9-7-17)32(29,30)26-14-12-25(13-15-26)11-10-24-23(28)22-16-20(27)19-4-2-3-5-21(19)31-22/h2-9,16H,10-15H2,1H3,(H,24,28). The van der Waals surface area contributed by atoms with Crippen molar-refractivity contribution in [2.75, 3.05) is 39.3 Å². The first kappa shape index (κ1) is 22.2. The van der Waals surface area contributed by atoms with Gasteiger partial charge in [-0.3, -0.25) is 14.5 Å². The van der Waals surface area contributed by atoms with Gasteiger partial charge >= 0.3 is 0 Å². The van der Waals surface area contributed by atoms with Crippen LogP contribution < -0.4 is 10.7 Å². The Morgan fingerprint density at radius 2 is 1.72 bits per heavy atom. The molecular weight excluding hydrogens is 430 g/mol. The number of carbonyl (C=O) groups excluding carboxylic acids is 1. The molecule has 0 unspecified atom stereocenters. The summed E-state index contributed by atoms with van der Waals surface area (Å²) in [5, 5.41) is 3.20. The predicted molar refractivity (Wildman–Crippen MR) is 121 cm³/mol. The van der Waals surface area contributed by atoms with Gasteiger partial charge in [0.1, 0.15) is 5.58 Å². The van der Waals surface area contributed by atoms with E-state index in [1.54, 1.807) is 48.5 Å². The Morgan fingerprint density at radius 1 is 1.03 bits per heavy atom. The summed E-state index contributed by atoms with van der Waals surface area (Å²) in [7, 11) is -3.50. The van der Waals surface area contributed by atoms with Gasteiger partial charge in [0.2, 0.25) is 10.0 Å². The van der Waals surface area contributed by atoms with Crippen LogP contribution in [0.4, 0.5) is 0 Å². The first-order chi connectivity index (χ1) is 15.3. The summed E-state index contributed by atoms with van der Waals surface area (Å²) in [4.78, 5) is 27.0. The Bertz CT molecular complexity index is 1280. The molecule has 1 amide bonds. The van der Waals surface area contributed by atoms with E-state index in [0.29, 0.717) is 55.1 Å². The largest absolute Gasteiger partial charge is 0.451 e. The molecule has 0 saturated carbocycles. The number of rotatable bonds is 6. The third-order valence-electron chi connectivity index (χ3n) is 5.56. The fourth-order valence-electron chi connectivity index (χ4n) is 3.68. The topological polar surface area (TPSA) is 99.9 Å². The second kappa shape index (κ2) is 9.23. The molecule has 2 heterocycles. The molecule has 0 atom stereocenters. The molecule has 168 valence electrons. The number of nitrogens with zero attached hydrogens (tertiary/aromatic N) is 2. The lowest BCUT2D eigenvalue weighted by Crippen LogP contribution is -2.50. The van der Waals surface area contributed by atoms with Crippen LogP contribution in [0.25, 0.3) is 11.0 Å². The molecule has 32 heavy (non-hydrogen) atoms. The highest BCUT2D eigenvalue weighted by Crippen LogP contribution is 2.18. The van der Waals surface area contributed by atoms with Gasteiger partial charge in [-0.2, -0.15) is 4.31 Å². The van der Waals surface area contributed by atoms with Crippen molar-refractivity contribution in [3.8, 4) is 0 Å². The van der Waals surface area contributed by atoms with Crippen molar-refractivity contribution in [2.24, 2.45) is 0 Å². The van der Waals surface area contributed by atoms with Crippen LogP contribution in [-0.4, -0.2) is 62.8 Å². The van der Waals surface area contributed by atoms with Gasteiger partial charge < -0.3 is 9.73 Å². The van der Waals surface area contributed by atoms with Crippen LogP contribution in [0.2, 0.25) is 0 Å². The van der Waals surface area contributed by atoms with Crippen molar-refractivity contribution in [3.63, 3.8) is 0 Å². The number of sulfonamides is 1.